The van der Waals surface area contributed by atoms with Crippen LogP contribution in [0.25, 0.3) is 10.6 Å². The highest BCUT2D eigenvalue weighted by Crippen LogP contribution is 2.30. The molecular weight excluding hydrogens is 248 g/mol. The molecule has 0 saturated heterocycles. The minimum atomic E-state index is -4.25. The summed E-state index contributed by atoms with van der Waals surface area (Å²) in [6.45, 7) is 0. The molecule has 0 atom stereocenters. The Morgan fingerprint density at radius 1 is 1.31 bits per heavy atom. The van der Waals surface area contributed by atoms with Gasteiger partial charge in [0, 0.05) is 10.9 Å². The average molecular weight is 256 g/mol. The molecule has 3 N–H and O–H groups in total. The van der Waals surface area contributed by atoms with E-state index in [0.717, 1.165) is 0 Å². The number of nitrogens with two attached hydrogens (primary N) is 1. The van der Waals surface area contributed by atoms with Crippen LogP contribution in [0.3, 0.4) is 0 Å². The number of hydrogen-bond donors (Lipinski definition) is 2. The molecule has 0 saturated carbocycles. The summed E-state index contributed by atoms with van der Waals surface area (Å²) in [5.74, 6) is 0.324. The van der Waals surface area contributed by atoms with Crippen molar-refractivity contribution in [2.45, 2.75) is 4.90 Å². The Labute approximate surface area is 96.3 Å². The molecule has 2 aromatic rings. The molecule has 0 radical (unpaired) electrons. The van der Waals surface area contributed by atoms with Gasteiger partial charge in [0.1, 0.15) is 15.7 Å². The molecule has 0 spiro atoms. The maximum atomic E-state index is 11.1. The highest BCUT2D eigenvalue weighted by atomic mass is 32.2. The second kappa shape index (κ2) is 3.85. The Balaban J connectivity index is 2.66. The van der Waals surface area contributed by atoms with E-state index in [4.69, 9.17) is 10.3 Å². The topological polar surface area (TPSA) is 93.3 Å². The Kier molecular flexibility index (Phi) is 2.66. The molecule has 2 rings (SSSR count). The standard InChI is InChI=1S/C9H8N2O3S2/c10-8-5-15-9(11-8)6-3-1-2-4-7(6)16(12,13)14/h1-5H,10H2,(H,12,13,14). The van der Waals surface area contributed by atoms with Crippen molar-refractivity contribution in [1.29, 1.82) is 0 Å². The second-order valence-electron chi connectivity index (χ2n) is 3.05. The van der Waals surface area contributed by atoms with E-state index >= 15 is 0 Å². The molecule has 0 aliphatic heterocycles. The quantitative estimate of drug-likeness (QED) is 0.797. The zero-order valence-corrected chi connectivity index (χ0v) is 9.62. The van der Waals surface area contributed by atoms with E-state index in [0.29, 0.717) is 16.4 Å². The van der Waals surface area contributed by atoms with Crippen LogP contribution >= 0.6 is 11.3 Å². The molecule has 5 nitrogen and oxygen atoms in total. The van der Waals surface area contributed by atoms with Crippen LogP contribution in [0, 0.1) is 0 Å². The first-order valence-corrected chi connectivity index (χ1v) is 6.58. The minimum absolute atomic E-state index is 0.163. The van der Waals surface area contributed by atoms with Gasteiger partial charge in [-0.3, -0.25) is 4.55 Å². The largest absolute Gasteiger partial charge is 0.383 e. The molecule has 0 amide bonds. The first-order valence-electron chi connectivity index (χ1n) is 4.26. The fraction of sp³-hybridized carbons (Fsp3) is 0. The van der Waals surface area contributed by atoms with Crippen molar-refractivity contribution in [2.75, 3.05) is 5.73 Å². The molecule has 0 bridgehead atoms. The molecule has 1 aromatic heterocycles. The number of thiazole rings is 1. The van der Waals surface area contributed by atoms with E-state index in [1.165, 1.54) is 23.5 Å². The van der Waals surface area contributed by atoms with Crippen LogP contribution in [-0.2, 0) is 10.1 Å². The third-order valence-electron chi connectivity index (χ3n) is 1.92. The lowest BCUT2D eigenvalue weighted by atomic mass is 10.2. The second-order valence-corrected chi connectivity index (χ2v) is 5.30. The lowest BCUT2D eigenvalue weighted by Gasteiger charge is -2.02. The highest BCUT2D eigenvalue weighted by Gasteiger charge is 2.17. The molecule has 0 unspecified atom stereocenters. The molecule has 1 aromatic carbocycles. The molecule has 0 aliphatic rings. The highest BCUT2D eigenvalue weighted by molar-refractivity contribution is 7.86. The van der Waals surface area contributed by atoms with E-state index < -0.39 is 10.1 Å². The lowest BCUT2D eigenvalue weighted by molar-refractivity contribution is 0.483. The van der Waals surface area contributed by atoms with Gasteiger partial charge in [-0.05, 0) is 6.07 Å². The van der Waals surface area contributed by atoms with Gasteiger partial charge in [-0.2, -0.15) is 8.42 Å². The summed E-state index contributed by atoms with van der Waals surface area (Å²) in [4.78, 5) is 3.81. The van der Waals surface area contributed by atoms with Crippen LogP contribution in [0.5, 0.6) is 0 Å². The predicted octanol–water partition coefficient (Wildman–Crippen LogP) is 1.64. The first kappa shape index (κ1) is 11.1. The zero-order valence-electron chi connectivity index (χ0n) is 7.99. The maximum Gasteiger partial charge on any atom is 0.295 e. The van der Waals surface area contributed by atoms with Crippen molar-refractivity contribution < 1.29 is 13.0 Å². The smallest absolute Gasteiger partial charge is 0.295 e. The van der Waals surface area contributed by atoms with E-state index in [1.807, 2.05) is 0 Å². The van der Waals surface area contributed by atoms with Crippen molar-refractivity contribution in [1.82, 2.24) is 4.98 Å². The number of nitrogens with zero attached hydrogens (tertiary/aromatic N) is 1. The van der Waals surface area contributed by atoms with Crippen LogP contribution in [0.1, 0.15) is 0 Å². The number of nitrogen functional groups attached to an aromatic ring is 1. The van der Waals surface area contributed by atoms with Crippen molar-refractivity contribution in [3.63, 3.8) is 0 Å². The zero-order chi connectivity index (χ0) is 11.8. The van der Waals surface area contributed by atoms with Crippen LogP contribution in [-0.4, -0.2) is 18.0 Å². The van der Waals surface area contributed by atoms with Crippen molar-refractivity contribution >= 4 is 27.3 Å². The normalized spacial score (nSPS) is 11.6. The summed E-state index contributed by atoms with van der Waals surface area (Å²) >= 11 is 1.22. The number of rotatable bonds is 2. The van der Waals surface area contributed by atoms with E-state index in [9.17, 15) is 8.42 Å². The Bertz CT molecular complexity index is 619. The van der Waals surface area contributed by atoms with Crippen LogP contribution in [0.2, 0.25) is 0 Å². The van der Waals surface area contributed by atoms with Gasteiger partial charge >= 0.3 is 0 Å². The van der Waals surface area contributed by atoms with Gasteiger partial charge in [0.25, 0.3) is 10.1 Å². The van der Waals surface area contributed by atoms with Crippen molar-refractivity contribution in [2.24, 2.45) is 0 Å². The number of aromatic nitrogens is 1. The SMILES string of the molecule is Nc1csc(-c2ccccc2S(=O)(=O)O)n1. The van der Waals surface area contributed by atoms with Gasteiger partial charge in [-0.1, -0.05) is 18.2 Å². The monoisotopic (exact) mass is 256 g/mol. The van der Waals surface area contributed by atoms with Gasteiger partial charge in [0.05, 0.1) is 0 Å². The fourth-order valence-corrected chi connectivity index (χ4v) is 2.78. The number of benzene rings is 1. The molecule has 7 heteroatoms. The number of hydrogen-bond acceptors (Lipinski definition) is 5. The van der Waals surface area contributed by atoms with Gasteiger partial charge in [0.2, 0.25) is 0 Å². The van der Waals surface area contributed by atoms with E-state index in [2.05, 4.69) is 4.98 Å². The molecule has 0 fully saturated rings. The van der Waals surface area contributed by atoms with Crippen LogP contribution < -0.4 is 5.73 Å². The predicted molar refractivity (Wildman–Crippen MR) is 61.8 cm³/mol. The third-order valence-corrected chi connectivity index (χ3v) is 3.72. The summed E-state index contributed by atoms with van der Waals surface area (Å²) in [5.41, 5.74) is 5.82. The van der Waals surface area contributed by atoms with Crippen LogP contribution in [0.15, 0.2) is 34.5 Å². The van der Waals surface area contributed by atoms with Crippen molar-refractivity contribution in [3.8, 4) is 10.6 Å². The van der Waals surface area contributed by atoms with Gasteiger partial charge in [0.15, 0.2) is 0 Å². The van der Waals surface area contributed by atoms with Crippen molar-refractivity contribution in [3.05, 3.63) is 29.6 Å². The minimum Gasteiger partial charge on any atom is -0.383 e. The summed E-state index contributed by atoms with van der Waals surface area (Å²) < 4.78 is 31.3. The lowest BCUT2D eigenvalue weighted by Crippen LogP contribution is -2.00. The third kappa shape index (κ3) is 2.06. The summed E-state index contributed by atoms with van der Waals surface area (Å²) in [6.07, 6.45) is 0. The van der Waals surface area contributed by atoms with E-state index in [1.54, 1.807) is 17.5 Å². The molecule has 1 heterocycles. The summed E-state index contributed by atoms with van der Waals surface area (Å²) in [7, 11) is -4.25. The Morgan fingerprint density at radius 3 is 2.56 bits per heavy atom. The summed E-state index contributed by atoms with van der Waals surface area (Å²) in [5, 5.41) is 2.07. The Hall–Kier alpha value is -1.44. The van der Waals surface area contributed by atoms with Gasteiger partial charge in [-0.15, -0.1) is 11.3 Å². The molecule has 0 aliphatic carbocycles. The van der Waals surface area contributed by atoms with Crippen LogP contribution in [0.4, 0.5) is 5.82 Å². The molecule has 16 heavy (non-hydrogen) atoms. The summed E-state index contributed by atoms with van der Waals surface area (Å²) in [6, 6.07) is 6.09. The maximum absolute atomic E-state index is 11.1. The Morgan fingerprint density at radius 2 is 2.00 bits per heavy atom. The number of anilines is 1. The first-order chi connectivity index (χ1) is 7.48. The average Bonchev–Trinajstić information content (AvgIpc) is 2.64. The van der Waals surface area contributed by atoms with E-state index in [-0.39, 0.29) is 4.90 Å². The fourth-order valence-electron chi connectivity index (χ4n) is 1.28. The molecule has 84 valence electrons. The van der Waals surface area contributed by atoms with Gasteiger partial charge in [-0.25, -0.2) is 4.98 Å². The van der Waals surface area contributed by atoms with Gasteiger partial charge < -0.3 is 5.73 Å². The molecular formula is C9H8N2O3S2.